The number of aromatic hydroxyl groups is 1. The van der Waals surface area contributed by atoms with Crippen molar-refractivity contribution in [3.05, 3.63) is 47.5 Å². The van der Waals surface area contributed by atoms with E-state index in [1.54, 1.807) is 6.07 Å². The molecule has 2 aromatic carbocycles. The first-order chi connectivity index (χ1) is 10.1. The second-order valence-electron chi connectivity index (χ2n) is 5.30. The average molecular weight is 287 g/mol. The van der Waals surface area contributed by atoms with Crippen LogP contribution in [-0.2, 0) is 6.42 Å². The third kappa shape index (κ3) is 3.35. The van der Waals surface area contributed by atoms with Crippen LogP contribution >= 0.6 is 0 Å². The molecule has 3 heteroatoms. The molecule has 0 amide bonds. The third-order valence-corrected chi connectivity index (χ3v) is 3.83. The van der Waals surface area contributed by atoms with E-state index in [1.807, 2.05) is 30.1 Å². The van der Waals surface area contributed by atoms with Gasteiger partial charge in [0.2, 0.25) is 0 Å². The number of phenols is 1. The molecule has 1 N–H and O–H groups in total. The van der Waals surface area contributed by atoms with Crippen LogP contribution in [0.4, 0.5) is 10.1 Å². The van der Waals surface area contributed by atoms with Gasteiger partial charge in [-0.3, -0.25) is 0 Å². The van der Waals surface area contributed by atoms with Crippen molar-refractivity contribution in [1.29, 1.82) is 0 Å². The lowest BCUT2D eigenvalue weighted by Crippen LogP contribution is -2.19. The van der Waals surface area contributed by atoms with Gasteiger partial charge in [-0.15, -0.1) is 0 Å². The van der Waals surface area contributed by atoms with Gasteiger partial charge in [0.15, 0.2) is 0 Å². The zero-order valence-corrected chi connectivity index (χ0v) is 12.9. The smallest absolute Gasteiger partial charge is 0.115 e. The molecule has 112 valence electrons. The maximum atomic E-state index is 12.4. The van der Waals surface area contributed by atoms with Gasteiger partial charge in [0.1, 0.15) is 12.4 Å². The van der Waals surface area contributed by atoms with Gasteiger partial charge < -0.3 is 10.0 Å². The number of aryl methyl sites for hydroxylation is 2. The molecule has 0 bridgehead atoms. The molecule has 0 aromatic heterocycles. The van der Waals surface area contributed by atoms with Gasteiger partial charge in [-0.1, -0.05) is 19.1 Å². The van der Waals surface area contributed by atoms with E-state index in [1.165, 1.54) is 0 Å². The number of benzene rings is 2. The molecule has 0 fully saturated rings. The minimum atomic E-state index is -0.352. The van der Waals surface area contributed by atoms with Crippen LogP contribution in [0.1, 0.15) is 18.1 Å². The van der Waals surface area contributed by atoms with E-state index < -0.39 is 0 Å². The summed E-state index contributed by atoms with van der Waals surface area (Å²) in [4.78, 5) is 1.91. The van der Waals surface area contributed by atoms with Crippen LogP contribution in [0.3, 0.4) is 0 Å². The first-order valence-electron chi connectivity index (χ1n) is 7.26. The Morgan fingerprint density at radius 3 is 2.43 bits per heavy atom. The Morgan fingerprint density at radius 1 is 1.10 bits per heavy atom. The van der Waals surface area contributed by atoms with Crippen LogP contribution in [0, 0.1) is 6.92 Å². The lowest BCUT2D eigenvalue weighted by Gasteiger charge is -2.20. The van der Waals surface area contributed by atoms with E-state index in [-0.39, 0.29) is 6.67 Å². The van der Waals surface area contributed by atoms with Crippen molar-refractivity contribution in [3.8, 4) is 16.9 Å². The minimum Gasteiger partial charge on any atom is -0.508 e. The highest BCUT2D eigenvalue weighted by atomic mass is 19.1. The van der Waals surface area contributed by atoms with Gasteiger partial charge in [0.25, 0.3) is 0 Å². The summed E-state index contributed by atoms with van der Waals surface area (Å²) in [6.07, 6.45) is 0.868. The van der Waals surface area contributed by atoms with Crippen molar-refractivity contribution in [2.45, 2.75) is 20.3 Å². The van der Waals surface area contributed by atoms with Crippen molar-refractivity contribution < 1.29 is 9.50 Å². The van der Waals surface area contributed by atoms with Gasteiger partial charge in [-0.25, -0.2) is 4.39 Å². The first kappa shape index (κ1) is 15.4. The monoisotopic (exact) mass is 287 g/mol. The molecule has 0 radical (unpaired) electrons. The molecule has 0 atom stereocenters. The Labute approximate surface area is 125 Å². The zero-order chi connectivity index (χ0) is 15.4. The van der Waals surface area contributed by atoms with Crippen molar-refractivity contribution in [2.24, 2.45) is 0 Å². The summed E-state index contributed by atoms with van der Waals surface area (Å²) in [5.41, 5.74) is 5.60. The summed E-state index contributed by atoms with van der Waals surface area (Å²) in [6.45, 7) is 4.19. The molecule has 2 rings (SSSR count). The Bertz CT molecular complexity index is 625. The summed E-state index contributed by atoms with van der Waals surface area (Å²) in [5.74, 6) is 0.299. The maximum Gasteiger partial charge on any atom is 0.115 e. The van der Waals surface area contributed by atoms with Gasteiger partial charge in [0.05, 0.1) is 0 Å². The summed E-state index contributed by atoms with van der Waals surface area (Å²) in [6, 6.07) is 11.7. The first-order valence-corrected chi connectivity index (χ1v) is 7.26. The Morgan fingerprint density at radius 2 is 1.81 bits per heavy atom. The van der Waals surface area contributed by atoms with Crippen LogP contribution in [-0.4, -0.2) is 25.4 Å². The normalized spacial score (nSPS) is 10.7. The summed E-state index contributed by atoms with van der Waals surface area (Å²) >= 11 is 0. The predicted molar refractivity (Wildman–Crippen MR) is 86.9 cm³/mol. The number of halogens is 1. The van der Waals surface area contributed by atoms with E-state index in [2.05, 4.69) is 26.0 Å². The molecular weight excluding hydrogens is 265 g/mol. The zero-order valence-electron chi connectivity index (χ0n) is 12.9. The number of hydrogen-bond donors (Lipinski definition) is 1. The molecule has 2 aromatic rings. The fourth-order valence-electron chi connectivity index (χ4n) is 2.58. The highest BCUT2D eigenvalue weighted by molar-refractivity contribution is 5.73. The Kier molecular flexibility index (Phi) is 4.84. The van der Waals surface area contributed by atoms with Gasteiger partial charge >= 0.3 is 0 Å². The number of rotatable bonds is 5. The molecule has 0 saturated heterocycles. The lowest BCUT2D eigenvalue weighted by atomic mass is 9.94. The number of hydrogen-bond acceptors (Lipinski definition) is 2. The van der Waals surface area contributed by atoms with Crippen LogP contribution in [0.2, 0.25) is 0 Å². The van der Waals surface area contributed by atoms with Gasteiger partial charge in [-0.2, -0.15) is 0 Å². The molecule has 0 aliphatic heterocycles. The quantitative estimate of drug-likeness (QED) is 0.884. The highest BCUT2D eigenvalue weighted by Gasteiger charge is 2.09. The topological polar surface area (TPSA) is 23.5 Å². The molecule has 0 aliphatic carbocycles. The van der Waals surface area contributed by atoms with E-state index in [4.69, 9.17) is 0 Å². The van der Waals surface area contributed by atoms with Crippen LogP contribution < -0.4 is 4.90 Å². The molecule has 0 unspecified atom stereocenters. The van der Waals surface area contributed by atoms with Crippen molar-refractivity contribution in [3.63, 3.8) is 0 Å². The number of alkyl halides is 1. The maximum absolute atomic E-state index is 12.4. The van der Waals surface area contributed by atoms with Gasteiger partial charge in [-0.05, 0) is 59.9 Å². The van der Waals surface area contributed by atoms with Crippen molar-refractivity contribution >= 4 is 5.69 Å². The Hall–Kier alpha value is -2.03. The molecule has 0 aliphatic rings. The van der Waals surface area contributed by atoms with E-state index in [0.717, 1.165) is 34.4 Å². The average Bonchev–Trinajstić information content (AvgIpc) is 2.47. The van der Waals surface area contributed by atoms with Gasteiger partial charge in [0, 0.05) is 19.3 Å². The second kappa shape index (κ2) is 6.61. The number of phenolic OH excluding ortho intramolecular Hbond substituents is 1. The third-order valence-electron chi connectivity index (χ3n) is 3.83. The van der Waals surface area contributed by atoms with E-state index in [9.17, 15) is 9.50 Å². The molecule has 21 heavy (non-hydrogen) atoms. The Balaban J connectivity index is 2.42. The largest absolute Gasteiger partial charge is 0.508 e. The van der Waals surface area contributed by atoms with Crippen LogP contribution in [0.25, 0.3) is 11.1 Å². The van der Waals surface area contributed by atoms with E-state index in [0.29, 0.717) is 12.3 Å². The molecule has 0 spiro atoms. The van der Waals surface area contributed by atoms with Crippen molar-refractivity contribution in [2.75, 3.05) is 25.2 Å². The van der Waals surface area contributed by atoms with Crippen molar-refractivity contribution in [1.82, 2.24) is 0 Å². The highest BCUT2D eigenvalue weighted by Crippen LogP contribution is 2.31. The summed E-state index contributed by atoms with van der Waals surface area (Å²) < 4.78 is 12.4. The SMILES string of the molecule is CCc1cc(O)ccc1-c1ccc(N(C)CCF)cc1C. The number of anilines is 1. The lowest BCUT2D eigenvalue weighted by molar-refractivity contribution is 0.474. The minimum absolute atomic E-state index is 0.299. The molecule has 0 heterocycles. The molecular formula is C18H22FNO. The van der Waals surface area contributed by atoms with Crippen LogP contribution in [0.15, 0.2) is 36.4 Å². The standard InChI is InChI=1S/C18H22FNO/c1-4-14-12-16(21)6-8-18(14)17-7-5-15(11-13(17)2)20(3)10-9-19/h5-8,11-12,21H,4,9-10H2,1-3H3. The summed E-state index contributed by atoms with van der Waals surface area (Å²) in [7, 11) is 1.89. The number of nitrogens with zero attached hydrogens (tertiary/aromatic N) is 1. The molecule has 0 saturated carbocycles. The second-order valence-corrected chi connectivity index (χ2v) is 5.30. The summed E-state index contributed by atoms with van der Waals surface area (Å²) in [5, 5.41) is 9.62. The predicted octanol–water partition coefficient (Wildman–Crippen LogP) is 4.34. The fourth-order valence-corrected chi connectivity index (χ4v) is 2.58. The fraction of sp³-hybridized carbons (Fsp3) is 0.333. The van der Waals surface area contributed by atoms with E-state index >= 15 is 0 Å². The molecule has 2 nitrogen and oxygen atoms in total. The van der Waals surface area contributed by atoms with Crippen LogP contribution in [0.5, 0.6) is 5.75 Å².